The summed E-state index contributed by atoms with van der Waals surface area (Å²) >= 11 is 0. The quantitative estimate of drug-likeness (QED) is 0.685. The highest BCUT2D eigenvalue weighted by molar-refractivity contribution is 4.97. The highest BCUT2D eigenvalue weighted by Gasteiger charge is 2.39. The van der Waals surface area contributed by atoms with Crippen molar-refractivity contribution >= 4 is 0 Å². The second kappa shape index (κ2) is 7.61. The molecule has 2 heterocycles. The first kappa shape index (κ1) is 15.3. The Labute approximate surface area is 119 Å². The van der Waals surface area contributed by atoms with Gasteiger partial charge in [-0.3, -0.25) is 4.90 Å². The van der Waals surface area contributed by atoms with Crippen LogP contribution in [0.1, 0.15) is 52.9 Å². The lowest BCUT2D eigenvalue weighted by Gasteiger charge is -2.39. The number of nitrogens with one attached hydrogen (secondary N) is 1. The molecule has 19 heavy (non-hydrogen) atoms. The van der Waals surface area contributed by atoms with Gasteiger partial charge in [0.25, 0.3) is 0 Å². The maximum Gasteiger partial charge on any atom is 0.0593 e. The maximum absolute atomic E-state index is 5.76. The Balaban J connectivity index is 1.70. The topological polar surface area (TPSA) is 24.5 Å². The molecule has 2 aliphatic rings. The molecule has 0 aromatic heterocycles. The number of nitrogens with zero attached hydrogens (tertiary/aromatic N) is 1. The zero-order chi connectivity index (χ0) is 13.7. The summed E-state index contributed by atoms with van der Waals surface area (Å²) in [6.07, 6.45) is 6.75. The number of piperidine rings is 1. The Morgan fingerprint density at radius 2 is 1.89 bits per heavy atom. The summed E-state index contributed by atoms with van der Waals surface area (Å²) in [5, 5.41) is 3.72. The van der Waals surface area contributed by atoms with E-state index in [1.165, 1.54) is 38.6 Å². The van der Waals surface area contributed by atoms with E-state index >= 15 is 0 Å². The number of fused-ring (bicyclic) bond motifs is 2. The van der Waals surface area contributed by atoms with E-state index in [-0.39, 0.29) is 0 Å². The lowest BCUT2D eigenvalue weighted by Crippen LogP contribution is -2.50. The highest BCUT2D eigenvalue weighted by atomic mass is 16.5. The Kier molecular flexibility index (Phi) is 6.11. The molecule has 0 saturated carbocycles. The molecule has 2 bridgehead atoms. The van der Waals surface area contributed by atoms with Gasteiger partial charge >= 0.3 is 0 Å². The van der Waals surface area contributed by atoms with Gasteiger partial charge in [0.1, 0.15) is 0 Å². The molecular formula is C16H32N2O. The number of rotatable bonds is 8. The van der Waals surface area contributed by atoms with E-state index in [9.17, 15) is 0 Å². The third-order valence-corrected chi connectivity index (χ3v) is 4.51. The van der Waals surface area contributed by atoms with Gasteiger partial charge in [0.2, 0.25) is 0 Å². The molecule has 2 rings (SSSR count). The first-order valence-corrected chi connectivity index (χ1v) is 8.27. The zero-order valence-electron chi connectivity index (χ0n) is 13.0. The largest absolute Gasteiger partial charge is 0.380 e. The molecule has 2 fully saturated rings. The molecule has 0 spiro atoms. The van der Waals surface area contributed by atoms with E-state index in [2.05, 4.69) is 31.0 Å². The van der Waals surface area contributed by atoms with E-state index in [0.717, 1.165) is 37.9 Å². The molecule has 2 atom stereocenters. The number of hydrogen-bond acceptors (Lipinski definition) is 3. The molecule has 0 aliphatic carbocycles. The summed E-state index contributed by atoms with van der Waals surface area (Å²) in [4.78, 5) is 2.73. The van der Waals surface area contributed by atoms with Crippen LogP contribution in [0.25, 0.3) is 0 Å². The Bertz CT molecular complexity index is 243. The van der Waals surface area contributed by atoms with Crippen LogP contribution < -0.4 is 5.32 Å². The van der Waals surface area contributed by atoms with Gasteiger partial charge in [-0.1, -0.05) is 20.8 Å². The Hall–Kier alpha value is -0.120. The van der Waals surface area contributed by atoms with E-state index in [4.69, 9.17) is 4.74 Å². The summed E-state index contributed by atoms with van der Waals surface area (Å²) in [5.41, 5.74) is 0. The summed E-state index contributed by atoms with van der Waals surface area (Å²) in [6.45, 7) is 10.8. The SMILES string of the molecule is CCCNC1CC2CCC(C1)N2CCOCC(C)C. The molecule has 112 valence electrons. The van der Waals surface area contributed by atoms with Gasteiger partial charge in [-0.25, -0.2) is 0 Å². The number of ether oxygens (including phenoxy) is 1. The minimum Gasteiger partial charge on any atom is -0.380 e. The summed E-state index contributed by atoms with van der Waals surface area (Å²) in [5.74, 6) is 0.653. The van der Waals surface area contributed by atoms with Gasteiger partial charge < -0.3 is 10.1 Å². The fourth-order valence-corrected chi connectivity index (χ4v) is 3.64. The van der Waals surface area contributed by atoms with Crippen molar-refractivity contribution in [2.45, 2.75) is 71.0 Å². The van der Waals surface area contributed by atoms with Crippen molar-refractivity contribution in [2.75, 3.05) is 26.3 Å². The minimum atomic E-state index is 0.653. The van der Waals surface area contributed by atoms with E-state index in [1.54, 1.807) is 0 Å². The standard InChI is InChI=1S/C16H32N2O/c1-4-7-17-14-10-15-5-6-16(11-14)18(15)8-9-19-12-13(2)3/h13-17H,4-12H2,1-3H3. The van der Waals surface area contributed by atoms with Gasteiger partial charge in [0, 0.05) is 31.3 Å². The van der Waals surface area contributed by atoms with Crippen molar-refractivity contribution in [3.63, 3.8) is 0 Å². The van der Waals surface area contributed by atoms with Crippen LogP contribution in [0.15, 0.2) is 0 Å². The van der Waals surface area contributed by atoms with Gasteiger partial charge in [-0.05, 0) is 44.6 Å². The average Bonchev–Trinajstić information content (AvgIpc) is 2.61. The van der Waals surface area contributed by atoms with E-state index in [0.29, 0.717) is 5.92 Å². The summed E-state index contributed by atoms with van der Waals surface area (Å²) in [7, 11) is 0. The predicted octanol–water partition coefficient (Wildman–Crippen LogP) is 2.65. The van der Waals surface area contributed by atoms with Crippen molar-refractivity contribution in [1.82, 2.24) is 10.2 Å². The van der Waals surface area contributed by atoms with Gasteiger partial charge in [-0.15, -0.1) is 0 Å². The molecule has 2 aliphatic heterocycles. The van der Waals surface area contributed by atoms with Crippen molar-refractivity contribution in [3.05, 3.63) is 0 Å². The van der Waals surface area contributed by atoms with E-state index in [1.807, 2.05) is 0 Å². The van der Waals surface area contributed by atoms with Crippen LogP contribution in [0.3, 0.4) is 0 Å². The highest BCUT2D eigenvalue weighted by Crippen LogP contribution is 2.35. The molecule has 0 radical (unpaired) electrons. The van der Waals surface area contributed by atoms with Gasteiger partial charge in [0.05, 0.1) is 6.61 Å². The van der Waals surface area contributed by atoms with Crippen LogP contribution in [0, 0.1) is 5.92 Å². The van der Waals surface area contributed by atoms with Crippen molar-refractivity contribution in [1.29, 1.82) is 0 Å². The Morgan fingerprint density at radius 3 is 2.47 bits per heavy atom. The molecule has 2 saturated heterocycles. The second-order valence-corrected chi connectivity index (χ2v) is 6.71. The fraction of sp³-hybridized carbons (Fsp3) is 1.00. The molecule has 3 nitrogen and oxygen atoms in total. The van der Waals surface area contributed by atoms with Crippen LogP contribution in [-0.2, 0) is 4.74 Å². The lowest BCUT2D eigenvalue weighted by atomic mass is 9.97. The summed E-state index contributed by atoms with van der Waals surface area (Å²) in [6, 6.07) is 2.40. The first-order valence-electron chi connectivity index (χ1n) is 8.27. The molecule has 3 heteroatoms. The lowest BCUT2D eigenvalue weighted by molar-refractivity contribution is 0.0496. The van der Waals surface area contributed by atoms with Crippen molar-refractivity contribution < 1.29 is 4.74 Å². The summed E-state index contributed by atoms with van der Waals surface area (Å²) < 4.78 is 5.76. The molecule has 1 N–H and O–H groups in total. The van der Waals surface area contributed by atoms with E-state index < -0.39 is 0 Å². The molecule has 2 unspecified atom stereocenters. The predicted molar refractivity (Wildman–Crippen MR) is 80.5 cm³/mol. The van der Waals surface area contributed by atoms with Crippen LogP contribution in [0.5, 0.6) is 0 Å². The fourth-order valence-electron chi connectivity index (χ4n) is 3.64. The zero-order valence-corrected chi connectivity index (χ0v) is 13.0. The van der Waals surface area contributed by atoms with Crippen molar-refractivity contribution in [3.8, 4) is 0 Å². The molecular weight excluding hydrogens is 236 g/mol. The van der Waals surface area contributed by atoms with Crippen LogP contribution in [0.4, 0.5) is 0 Å². The van der Waals surface area contributed by atoms with Crippen molar-refractivity contribution in [2.24, 2.45) is 5.92 Å². The van der Waals surface area contributed by atoms with Crippen LogP contribution >= 0.6 is 0 Å². The minimum absolute atomic E-state index is 0.653. The molecule has 0 amide bonds. The monoisotopic (exact) mass is 268 g/mol. The third kappa shape index (κ3) is 4.44. The first-order chi connectivity index (χ1) is 9.20. The van der Waals surface area contributed by atoms with Gasteiger partial charge in [-0.2, -0.15) is 0 Å². The Morgan fingerprint density at radius 1 is 1.21 bits per heavy atom. The normalized spacial score (nSPS) is 31.3. The smallest absolute Gasteiger partial charge is 0.0593 e. The molecule has 0 aromatic carbocycles. The van der Waals surface area contributed by atoms with Crippen LogP contribution in [-0.4, -0.2) is 49.3 Å². The van der Waals surface area contributed by atoms with Crippen LogP contribution in [0.2, 0.25) is 0 Å². The maximum atomic E-state index is 5.76. The second-order valence-electron chi connectivity index (χ2n) is 6.71. The molecule has 0 aromatic rings. The number of hydrogen-bond donors (Lipinski definition) is 1. The van der Waals surface area contributed by atoms with Gasteiger partial charge in [0.15, 0.2) is 0 Å². The average molecular weight is 268 g/mol. The third-order valence-electron chi connectivity index (χ3n) is 4.51.